The molecule has 7 nitrogen and oxygen atoms in total. The number of nitriles is 1. The molecule has 0 saturated heterocycles. The molecule has 0 aromatic carbocycles. The van der Waals surface area contributed by atoms with Gasteiger partial charge >= 0.3 is 0 Å². The number of aryl methyl sites for hydroxylation is 1. The molecule has 2 rings (SSSR count). The average Bonchev–Trinajstić information content (AvgIpc) is 3.05. The van der Waals surface area contributed by atoms with Crippen molar-refractivity contribution in [2.75, 3.05) is 6.54 Å². The number of nitrogens with one attached hydrogen (secondary N) is 2. The third-order valence-corrected chi connectivity index (χ3v) is 4.38. The zero-order valence-corrected chi connectivity index (χ0v) is 14.0. The number of hydrogen-bond acceptors (Lipinski definition) is 5. The number of H-pyrrole nitrogens is 1. The second-order valence-corrected chi connectivity index (χ2v) is 5.75. The molecule has 0 bridgehead atoms. The molecule has 0 aliphatic rings. The van der Waals surface area contributed by atoms with Crippen LogP contribution in [0.1, 0.15) is 25.2 Å². The zero-order chi connectivity index (χ0) is 17.0. The SMILES string of the molecule is CCNC(=O)/C(C#N)=c1\s/c(=C\c2nc[nH]c2C)c(=O)n1CC. The summed E-state index contributed by atoms with van der Waals surface area (Å²) in [5.74, 6) is -0.471. The van der Waals surface area contributed by atoms with Crippen molar-refractivity contribution in [2.45, 2.75) is 27.3 Å². The van der Waals surface area contributed by atoms with Gasteiger partial charge in [0.25, 0.3) is 11.5 Å². The van der Waals surface area contributed by atoms with Gasteiger partial charge in [0, 0.05) is 18.8 Å². The Morgan fingerprint density at radius 3 is 2.83 bits per heavy atom. The number of carbonyl (C=O) groups excluding carboxylic acids is 1. The first-order valence-corrected chi connectivity index (χ1v) is 7.99. The largest absolute Gasteiger partial charge is 0.352 e. The van der Waals surface area contributed by atoms with E-state index in [-0.39, 0.29) is 11.1 Å². The van der Waals surface area contributed by atoms with E-state index in [0.29, 0.717) is 28.0 Å². The van der Waals surface area contributed by atoms with Crippen molar-refractivity contribution >= 4 is 28.9 Å². The molecule has 2 N–H and O–H groups in total. The Kier molecular flexibility index (Phi) is 5.13. The van der Waals surface area contributed by atoms with Gasteiger partial charge in [0.1, 0.15) is 10.7 Å². The van der Waals surface area contributed by atoms with Gasteiger partial charge < -0.3 is 10.3 Å². The second kappa shape index (κ2) is 7.07. The summed E-state index contributed by atoms with van der Waals surface area (Å²) >= 11 is 1.13. The lowest BCUT2D eigenvalue weighted by molar-refractivity contribution is -0.115. The lowest BCUT2D eigenvalue weighted by atomic mass is 10.3. The quantitative estimate of drug-likeness (QED) is 0.795. The molecular weight excluding hydrogens is 314 g/mol. The van der Waals surface area contributed by atoms with Crippen LogP contribution in [-0.2, 0) is 11.3 Å². The van der Waals surface area contributed by atoms with Gasteiger partial charge in [-0.25, -0.2) is 4.98 Å². The summed E-state index contributed by atoms with van der Waals surface area (Å²) in [4.78, 5) is 31.6. The highest BCUT2D eigenvalue weighted by atomic mass is 32.1. The summed E-state index contributed by atoms with van der Waals surface area (Å²) in [6.45, 7) is 6.22. The highest BCUT2D eigenvalue weighted by molar-refractivity contribution is 7.07. The Balaban J connectivity index is 2.78. The number of nitrogens with zero attached hydrogens (tertiary/aromatic N) is 3. The summed E-state index contributed by atoms with van der Waals surface area (Å²) in [5, 5.41) is 11.9. The van der Waals surface area contributed by atoms with Gasteiger partial charge in [-0.05, 0) is 26.8 Å². The van der Waals surface area contributed by atoms with Gasteiger partial charge in [-0.2, -0.15) is 5.26 Å². The van der Waals surface area contributed by atoms with Crippen LogP contribution in [0.5, 0.6) is 0 Å². The summed E-state index contributed by atoms with van der Waals surface area (Å²) < 4.78 is 2.24. The predicted octanol–water partition coefficient (Wildman–Crippen LogP) is -0.400. The maximum absolute atomic E-state index is 12.5. The van der Waals surface area contributed by atoms with Crippen LogP contribution in [0.25, 0.3) is 11.6 Å². The lowest BCUT2D eigenvalue weighted by Gasteiger charge is -2.00. The number of imidazole rings is 1. The van der Waals surface area contributed by atoms with Crippen molar-refractivity contribution in [2.24, 2.45) is 0 Å². The smallest absolute Gasteiger partial charge is 0.269 e. The maximum Gasteiger partial charge on any atom is 0.269 e. The van der Waals surface area contributed by atoms with Crippen molar-refractivity contribution < 1.29 is 4.79 Å². The zero-order valence-electron chi connectivity index (χ0n) is 13.1. The van der Waals surface area contributed by atoms with E-state index in [2.05, 4.69) is 15.3 Å². The second-order valence-electron chi connectivity index (χ2n) is 4.72. The molecule has 0 aliphatic carbocycles. The van der Waals surface area contributed by atoms with Crippen LogP contribution in [0.4, 0.5) is 0 Å². The van der Waals surface area contributed by atoms with Crippen LogP contribution in [0.3, 0.4) is 0 Å². The average molecular weight is 331 g/mol. The van der Waals surface area contributed by atoms with Crippen LogP contribution in [-0.4, -0.2) is 27.0 Å². The van der Waals surface area contributed by atoms with Crippen molar-refractivity contribution in [1.82, 2.24) is 19.9 Å². The van der Waals surface area contributed by atoms with Crippen molar-refractivity contribution in [3.63, 3.8) is 0 Å². The molecule has 120 valence electrons. The van der Waals surface area contributed by atoms with E-state index >= 15 is 0 Å². The molecule has 0 saturated carbocycles. The fourth-order valence-corrected chi connectivity index (χ4v) is 3.22. The highest BCUT2D eigenvalue weighted by Gasteiger charge is 2.14. The van der Waals surface area contributed by atoms with Crippen molar-refractivity contribution in [3.8, 4) is 6.07 Å². The first-order valence-electron chi connectivity index (χ1n) is 7.17. The minimum absolute atomic E-state index is 0.0470. The summed E-state index contributed by atoms with van der Waals surface area (Å²) in [6.07, 6.45) is 3.22. The molecular formula is C15H17N5O2S. The number of aromatic amines is 1. The molecule has 8 heteroatoms. The summed E-state index contributed by atoms with van der Waals surface area (Å²) in [6, 6.07) is 1.91. The number of amides is 1. The van der Waals surface area contributed by atoms with Gasteiger partial charge in [-0.3, -0.25) is 14.2 Å². The Morgan fingerprint density at radius 2 is 2.30 bits per heavy atom. The Labute approximate surface area is 136 Å². The molecule has 0 unspecified atom stereocenters. The fourth-order valence-electron chi connectivity index (χ4n) is 2.08. The number of thiazole rings is 1. The van der Waals surface area contributed by atoms with Gasteiger partial charge in [0.15, 0.2) is 5.57 Å². The summed E-state index contributed by atoms with van der Waals surface area (Å²) in [7, 11) is 0. The molecule has 0 aliphatic heterocycles. The lowest BCUT2D eigenvalue weighted by Crippen LogP contribution is -2.34. The van der Waals surface area contributed by atoms with Crippen LogP contribution < -0.4 is 20.1 Å². The third-order valence-electron chi connectivity index (χ3n) is 3.25. The van der Waals surface area contributed by atoms with Gasteiger partial charge in [0.2, 0.25) is 0 Å². The van der Waals surface area contributed by atoms with E-state index in [1.54, 1.807) is 26.3 Å². The molecule has 0 radical (unpaired) electrons. The molecule has 23 heavy (non-hydrogen) atoms. The number of carbonyl (C=O) groups is 1. The summed E-state index contributed by atoms with van der Waals surface area (Å²) in [5.41, 5.74) is 1.23. The van der Waals surface area contributed by atoms with Gasteiger partial charge in [-0.1, -0.05) is 0 Å². The molecule has 2 aromatic rings. The minimum atomic E-state index is -0.471. The van der Waals surface area contributed by atoms with Crippen molar-refractivity contribution in [1.29, 1.82) is 5.26 Å². The molecule has 0 atom stereocenters. The third kappa shape index (κ3) is 3.24. The maximum atomic E-state index is 12.5. The van der Waals surface area contributed by atoms with Crippen LogP contribution in [0.2, 0.25) is 0 Å². The first kappa shape index (κ1) is 16.7. The van der Waals surface area contributed by atoms with Gasteiger partial charge in [0.05, 0.1) is 16.6 Å². The van der Waals surface area contributed by atoms with Gasteiger partial charge in [-0.15, -0.1) is 11.3 Å². The highest BCUT2D eigenvalue weighted by Crippen LogP contribution is 2.00. The standard InChI is InChI=1S/C15H17N5O2S/c1-4-17-13(21)10(7-16)15-20(5-2)14(22)12(23-15)6-11-9(3)18-8-19-11/h6,8H,4-5H2,1-3H3,(H,17,21)(H,18,19)/b12-6-,15-10-. The number of aromatic nitrogens is 3. The normalized spacial score (nSPS) is 12.9. The fraction of sp³-hybridized carbons (Fsp3) is 0.333. The Bertz CT molecular complexity index is 942. The monoisotopic (exact) mass is 331 g/mol. The van der Waals surface area contributed by atoms with Crippen molar-refractivity contribution in [3.05, 3.63) is 37.3 Å². The van der Waals surface area contributed by atoms with E-state index < -0.39 is 5.91 Å². The minimum Gasteiger partial charge on any atom is -0.352 e. The van der Waals surface area contributed by atoms with Crippen LogP contribution >= 0.6 is 11.3 Å². The van der Waals surface area contributed by atoms with E-state index in [0.717, 1.165) is 17.0 Å². The van der Waals surface area contributed by atoms with E-state index in [1.807, 2.05) is 13.0 Å². The molecule has 0 fully saturated rings. The van der Waals surface area contributed by atoms with Crippen LogP contribution in [0, 0.1) is 18.3 Å². The van der Waals surface area contributed by atoms with E-state index in [9.17, 15) is 14.9 Å². The first-order chi connectivity index (χ1) is 11.0. The molecule has 1 amide bonds. The predicted molar refractivity (Wildman–Crippen MR) is 88.1 cm³/mol. The Morgan fingerprint density at radius 1 is 1.57 bits per heavy atom. The molecule has 2 aromatic heterocycles. The van der Waals surface area contributed by atoms with E-state index in [4.69, 9.17) is 0 Å². The topological polar surface area (TPSA) is 104 Å². The molecule has 0 spiro atoms. The molecule has 2 heterocycles. The Hall–Kier alpha value is -2.66. The van der Waals surface area contributed by atoms with E-state index in [1.165, 1.54) is 4.57 Å². The number of hydrogen-bond donors (Lipinski definition) is 2. The van der Waals surface area contributed by atoms with Crippen LogP contribution in [0.15, 0.2) is 11.1 Å². The number of rotatable bonds is 4.